The lowest BCUT2D eigenvalue weighted by molar-refractivity contribution is 0.412. The smallest absolute Gasteiger partial charge is 0.234 e. The van der Waals surface area contributed by atoms with Crippen molar-refractivity contribution in [3.8, 4) is 11.5 Å². The SMILES string of the molecule is O=c1c(=O)c2cccc3c(O)c(O)c4cccc1c4c32. The first kappa shape index (κ1) is 11.0. The number of benzene rings is 4. The highest BCUT2D eigenvalue weighted by Gasteiger charge is 2.20. The van der Waals surface area contributed by atoms with Crippen LogP contribution in [-0.4, -0.2) is 10.2 Å². The quantitative estimate of drug-likeness (QED) is 0.290. The van der Waals surface area contributed by atoms with Crippen LogP contribution in [0.25, 0.3) is 32.3 Å². The Morgan fingerprint density at radius 2 is 0.950 bits per heavy atom. The van der Waals surface area contributed by atoms with Gasteiger partial charge in [-0.2, -0.15) is 0 Å². The molecule has 4 heteroatoms. The van der Waals surface area contributed by atoms with E-state index in [1.807, 2.05) is 0 Å². The molecule has 0 fully saturated rings. The van der Waals surface area contributed by atoms with Crippen molar-refractivity contribution in [3.05, 3.63) is 56.8 Å². The Hall–Kier alpha value is -2.88. The van der Waals surface area contributed by atoms with Crippen molar-refractivity contribution in [3.63, 3.8) is 0 Å². The maximum Gasteiger partial charge on any atom is 0.234 e. The summed E-state index contributed by atoms with van der Waals surface area (Å²) in [6.07, 6.45) is 0. The van der Waals surface area contributed by atoms with Crippen molar-refractivity contribution >= 4 is 32.3 Å². The van der Waals surface area contributed by atoms with Crippen molar-refractivity contribution in [2.75, 3.05) is 0 Å². The van der Waals surface area contributed by atoms with Crippen LogP contribution in [0.2, 0.25) is 0 Å². The first-order chi connectivity index (χ1) is 9.61. The summed E-state index contributed by atoms with van der Waals surface area (Å²) in [5.41, 5.74) is -1.17. The van der Waals surface area contributed by atoms with Gasteiger partial charge in [0, 0.05) is 32.3 Å². The molecule has 0 bridgehead atoms. The van der Waals surface area contributed by atoms with E-state index in [0.29, 0.717) is 21.5 Å². The lowest BCUT2D eigenvalue weighted by Crippen LogP contribution is -2.24. The number of hydrogen-bond donors (Lipinski definition) is 2. The first-order valence-electron chi connectivity index (χ1n) is 6.09. The van der Waals surface area contributed by atoms with E-state index in [1.54, 1.807) is 36.4 Å². The molecule has 4 aromatic rings. The second kappa shape index (κ2) is 3.36. The van der Waals surface area contributed by atoms with E-state index in [-0.39, 0.29) is 22.3 Å². The Kier molecular flexibility index (Phi) is 1.85. The van der Waals surface area contributed by atoms with Gasteiger partial charge in [-0.05, 0) is 0 Å². The summed E-state index contributed by atoms with van der Waals surface area (Å²) < 4.78 is 0. The summed E-state index contributed by atoms with van der Waals surface area (Å²) in [5.74, 6) is -0.540. The molecule has 4 rings (SSSR count). The minimum Gasteiger partial charge on any atom is -0.504 e. The van der Waals surface area contributed by atoms with Crippen molar-refractivity contribution in [1.29, 1.82) is 0 Å². The van der Waals surface area contributed by atoms with Crippen LogP contribution in [0.4, 0.5) is 0 Å². The molecule has 0 saturated carbocycles. The van der Waals surface area contributed by atoms with Crippen LogP contribution in [0.1, 0.15) is 0 Å². The zero-order chi connectivity index (χ0) is 14.0. The molecule has 0 aliphatic rings. The van der Waals surface area contributed by atoms with E-state index in [1.165, 1.54) is 0 Å². The highest BCUT2D eigenvalue weighted by molar-refractivity contribution is 6.26. The molecule has 4 nitrogen and oxygen atoms in total. The zero-order valence-corrected chi connectivity index (χ0v) is 10.2. The fourth-order valence-corrected chi connectivity index (χ4v) is 2.92. The molecule has 96 valence electrons. The predicted octanol–water partition coefficient (Wildman–Crippen LogP) is 2.15. The number of rotatable bonds is 0. The topological polar surface area (TPSA) is 74.6 Å². The molecule has 0 atom stereocenters. The van der Waals surface area contributed by atoms with Gasteiger partial charge in [-0.25, -0.2) is 0 Å². The number of phenols is 2. The molecule has 0 aromatic heterocycles. The maximum atomic E-state index is 12.1. The van der Waals surface area contributed by atoms with E-state index in [2.05, 4.69) is 0 Å². The van der Waals surface area contributed by atoms with Crippen LogP contribution < -0.4 is 10.9 Å². The van der Waals surface area contributed by atoms with Gasteiger partial charge in [-0.1, -0.05) is 36.4 Å². The third kappa shape index (κ3) is 1.07. The minimum atomic E-state index is -0.583. The largest absolute Gasteiger partial charge is 0.504 e. The number of phenolic OH excluding ortho intramolecular Hbond substituents is 2. The minimum absolute atomic E-state index is 0.270. The summed E-state index contributed by atoms with van der Waals surface area (Å²) in [4.78, 5) is 24.3. The molecular weight excluding hydrogens is 256 g/mol. The highest BCUT2D eigenvalue weighted by atomic mass is 16.3. The fourth-order valence-electron chi connectivity index (χ4n) is 2.92. The first-order valence-corrected chi connectivity index (χ1v) is 6.09. The average molecular weight is 264 g/mol. The van der Waals surface area contributed by atoms with Crippen LogP contribution in [0.15, 0.2) is 46.0 Å². The molecule has 0 radical (unpaired) electrons. The summed E-state index contributed by atoms with van der Waals surface area (Å²) in [7, 11) is 0. The normalized spacial score (nSPS) is 11.8. The van der Waals surface area contributed by atoms with E-state index in [0.717, 1.165) is 0 Å². The average Bonchev–Trinajstić information content (AvgIpc) is 2.48. The van der Waals surface area contributed by atoms with Crippen molar-refractivity contribution < 1.29 is 10.2 Å². The maximum absolute atomic E-state index is 12.1. The van der Waals surface area contributed by atoms with Gasteiger partial charge in [0.15, 0.2) is 11.5 Å². The monoisotopic (exact) mass is 264 g/mol. The molecule has 0 unspecified atom stereocenters. The Morgan fingerprint density at radius 1 is 0.600 bits per heavy atom. The van der Waals surface area contributed by atoms with Crippen LogP contribution >= 0.6 is 0 Å². The molecule has 0 saturated heterocycles. The Morgan fingerprint density at radius 3 is 1.35 bits per heavy atom. The molecule has 0 heterocycles. The van der Waals surface area contributed by atoms with Crippen LogP contribution in [0.3, 0.4) is 0 Å². The van der Waals surface area contributed by atoms with Crippen LogP contribution in [0, 0.1) is 0 Å². The Balaban J connectivity index is 2.62. The highest BCUT2D eigenvalue weighted by Crippen LogP contribution is 2.44. The second-order valence-corrected chi connectivity index (χ2v) is 4.81. The van der Waals surface area contributed by atoms with Gasteiger partial charge in [0.25, 0.3) is 0 Å². The molecule has 4 aromatic carbocycles. The summed E-state index contributed by atoms with van der Waals surface area (Å²) in [6.45, 7) is 0. The molecular formula is C16H8O4. The van der Waals surface area contributed by atoms with E-state index in [9.17, 15) is 19.8 Å². The molecule has 0 spiro atoms. The van der Waals surface area contributed by atoms with Gasteiger partial charge in [-0.15, -0.1) is 0 Å². The van der Waals surface area contributed by atoms with E-state index in [4.69, 9.17) is 0 Å². The standard InChI is InChI=1S/C16H8O4/c17-13-7-3-1-4-8-11(7)12-9(15(13)19)5-2-6-10(12)16(20)14(8)18/h1-6,17,19H. The zero-order valence-electron chi connectivity index (χ0n) is 10.2. The molecule has 0 aliphatic heterocycles. The predicted molar refractivity (Wildman–Crippen MR) is 77.2 cm³/mol. The van der Waals surface area contributed by atoms with E-state index >= 15 is 0 Å². The molecule has 0 aliphatic carbocycles. The fraction of sp³-hybridized carbons (Fsp3) is 0. The van der Waals surface area contributed by atoms with Crippen LogP contribution in [-0.2, 0) is 0 Å². The molecule has 0 amide bonds. The van der Waals surface area contributed by atoms with Gasteiger partial charge in [0.05, 0.1) is 0 Å². The second-order valence-electron chi connectivity index (χ2n) is 4.81. The lowest BCUT2D eigenvalue weighted by atomic mass is 9.92. The number of hydrogen-bond acceptors (Lipinski definition) is 4. The van der Waals surface area contributed by atoms with Gasteiger partial charge in [0.1, 0.15) is 0 Å². The van der Waals surface area contributed by atoms with Gasteiger partial charge in [0.2, 0.25) is 10.9 Å². The van der Waals surface area contributed by atoms with Gasteiger partial charge < -0.3 is 10.2 Å². The molecule has 20 heavy (non-hydrogen) atoms. The summed E-state index contributed by atoms with van der Waals surface area (Å²) in [6, 6.07) is 9.53. The third-order valence-corrected chi connectivity index (χ3v) is 3.81. The van der Waals surface area contributed by atoms with Crippen LogP contribution in [0.5, 0.6) is 11.5 Å². The Bertz CT molecular complexity index is 1010. The number of aromatic hydroxyl groups is 2. The van der Waals surface area contributed by atoms with Crippen molar-refractivity contribution in [2.45, 2.75) is 0 Å². The summed E-state index contributed by atoms with van der Waals surface area (Å²) >= 11 is 0. The van der Waals surface area contributed by atoms with Gasteiger partial charge in [-0.3, -0.25) is 9.59 Å². The van der Waals surface area contributed by atoms with Gasteiger partial charge >= 0.3 is 0 Å². The van der Waals surface area contributed by atoms with Crippen molar-refractivity contribution in [1.82, 2.24) is 0 Å². The Labute approximate surface area is 111 Å². The lowest BCUT2D eigenvalue weighted by Gasteiger charge is -2.12. The van der Waals surface area contributed by atoms with E-state index < -0.39 is 10.9 Å². The summed E-state index contributed by atoms with van der Waals surface area (Å²) in [5, 5.41) is 22.5. The third-order valence-electron chi connectivity index (χ3n) is 3.81. The molecule has 2 N–H and O–H groups in total. The van der Waals surface area contributed by atoms with Crippen molar-refractivity contribution in [2.24, 2.45) is 0 Å².